The van der Waals surface area contributed by atoms with Crippen molar-refractivity contribution < 1.29 is 4.79 Å². The lowest BCUT2D eigenvalue weighted by molar-refractivity contribution is 0.101. The lowest BCUT2D eigenvalue weighted by atomic mass is 10.2. The largest absolute Gasteiger partial charge is 0.368 e. The van der Waals surface area contributed by atoms with E-state index in [0.717, 1.165) is 48.5 Å². The summed E-state index contributed by atoms with van der Waals surface area (Å²) in [6, 6.07) is 24.1. The first-order valence-corrected chi connectivity index (χ1v) is 12.2. The van der Waals surface area contributed by atoms with Gasteiger partial charge in [-0.15, -0.1) is 0 Å². The number of nitrogens with zero attached hydrogens (tertiary/aromatic N) is 3. The van der Waals surface area contributed by atoms with Gasteiger partial charge in [-0.05, 0) is 61.5 Å². The normalized spacial score (nSPS) is 14.0. The van der Waals surface area contributed by atoms with E-state index in [2.05, 4.69) is 51.5 Å². The number of rotatable bonds is 5. The summed E-state index contributed by atoms with van der Waals surface area (Å²) in [6.45, 7) is 6.54. The average molecular weight is 493 g/mol. The van der Waals surface area contributed by atoms with Crippen molar-refractivity contribution in [2.75, 3.05) is 41.3 Å². The first kappa shape index (κ1) is 22.6. The van der Waals surface area contributed by atoms with Gasteiger partial charge in [0.25, 0.3) is 5.91 Å². The lowest BCUT2D eigenvalue weighted by Crippen LogP contribution is -2.46. The summed E-state index contributed by atoms with van der Waals surface area (Å²) in [4.78, 5) is 17.9. The van der Waals surface area contributed by atoms with Crippen molar-refractivity contribution in [3.63, 3.8) is 0 Å². The van der Waals surface area contributed by atoms with Gasteiger partial charge in [0.05, 0.1) is 15.6 Å². The molecule has 0 atom stereocenters. The van der Waals surface area contributed by atoms with Crippen LogP contribution in [0, 0.1) is 0 Å². The first-order valence-electron chi connectivity index (χ1n) is 11.5. The molecule has 1 saturated heterocycles. The number of aromatic nitrogens is 1. The minimum absolute atomic E-state index is 0.172. The zero-order valence-electron chi connectivity index (χ0n) is 19.0. The standard InChI is InChI=1S/C27H26Cl2N4O/c1-2-33-24-13-12-23(28)26(29)22(24)18-25(33)27(34)30-19-8-10-21(11-9-19)32-16-14-31(15-17-32)20-6-4-3-5-7-20/h3-13,18H,2,14-17H2,1H3,(H,30,34). The SMILES string of the molecule is CCn1c(C(=O)Nc2ccc(N3CCN(c4ccccc4)CC3)cc2)cc2c(Cl)c(Cl)ccc21. The summed E-state index contributed by atoms with van der Waals surface area (Å²) in [5, 5.41) is 4.76. The fraction of sp³-hybridized carbons (Fsp3) is 0.222. The van der Waals surface area contributed by atoms with Crippen LogP contribution in [-0.4, -0.2) is 36.7 Å². The molecule has 0 radical (unpaired) electrons. The number of benzene rings is 3. The van der Waals surface area contributed by atoms with Gasteiger partial charge in [0.1, 0.15) is 5.69 Å². The molecular weight excluding hydrogens is 467 g/mol. The molecule has 1 aromatic heterocycles. The van der Waals surface area contributed by atoms with Gasteiger partial charge >= 0.3 is 0 Å². The summed E-state index contributed by atoms with van der Waals surface area (Å²) >= 11 is 12.6. The lowest BCUT2D eigenvalue weighted by Gasteiger charge is -2.37. The molecule has 1 aliphatic heterocycles. The Hall–Kier alpha value is -3.15. The van der Waals surface area contributed by atoms with Crippen molar-refractivity contribution in [3.8, 4) is 0 Å². The molecule has 1 amide bonds. The number of nitrogens with one attached hydrogen (secondary N) is 1. The number of halogens is 2. The maximum atomic E-state index is 13.1. The van der Waals surface area contributed by atoms with Crippen LogP contribution in [0.5, 0.6) is 0 Å². The third kappa shape index (κ3) is 4.33. The highest BCUT2D eigenvalue weighted by molar-refractivity contribution is 6.45. The van der Waals surface area contributed by atoms with Gasteiger partial charge in [-0.25, -0.2) is 0 Å². The second-order valence-electron chi connectivity index (χ2n) is 8.38. The highest BCUT2D eigenvalue weighted by atomic mass is 35.5. The van der Waals surface area contributed by atoms with Crippen molar-refractivity contribution in [2.24, 2.45) is 0 Å². The van der Waals surface area contributed by atoms with Gasteiger partial charge in [-0.2, -0.15) is 0 Å². The number of amides is 1. The molecule has 0 unspecified atom stereocenters. The Morgan fingerprint density at radius 1 is 0.853 bits per heavy atom. The molecule has 2 heterocycles. The van der Waals surface area contributed by atoms with Gasteiger partial charge in [0, 0.05) is 55.2 Å². The van der Waals surface area contributed by atoms with Crippen LogP contribution in [-0.2, 0) is 6.54 Å². The molecular formula is C27H26Cl2N4O. The van der Waals surface area contributed by atoms with Crippen molar-refractivity contribution in [1.82, 2.24) is 4.57 Å². The summed E-state index contributed by atoms with van der Waals surface area (Å²) < 4.78 is 1.95. The Balaban J connectivity index is 1.27. The summed E-state index contributed by atoms with van der Waals surface area (Å²) in [5.41, 5.74) is 4.64. The molecule has 1 fully saturated rings. The fourth-order valence-electron chi connectivity index (χ4n) is 4.61. The molecule has 0 aliphatic carbocycles. The Morgan fingerprint density at radius 3 is 2.09 bits per heavy atom. The van der Waals surface area contributed by atoms with E-state index in [9.17, 15) is 4.79 Å². The first-order chi connectivity index (χ1) is 16.5. The Kier molecular flexibility index (Phi) is 6.40. The van der Waals surface area contributed by atoms with Crippen LogP contribution in [0.25, 0.3) is 10.9 Å². The van der Waals surface area contributed by atoms with E-state index in [0.29, 0.717) is 22.3 Å². The quantitative estimate of drug-likeness (QED) is 0.343. The van der Waals surface area contributed by atoms with Gasteiger partial charge < -0.3 is 19.7 Å². The second-order valence-corrected chi connectivity index (χ2v) is 9.16. The molecule has 5 rings (SSSR count). The van der Waals surface area contributed by atoms with Crippen LogP contribution in [0.4, 0.5) is 17.1 Å². The highest BCUT2D eigenvalue weighted by Gasteiger charge is 2.19. The number of fused-ring (bicyclic) bond motifs is 1. The topological polar surface area (TPSA) is 40.5 Å². The highest BCUT2D eigenvalue weighted by Crippen LogP contribution is 2.33. The monoisotopic (exact) mass is 492 g/mol. The molecule has 5 nitrogen and oxygen atoms in total. The fourth-order valence-corrected chi connectivity index (χ4v) is 4.99. The predicted molar refractivity (Wildman–Crippen MR) is 143 cm³/mol. The minimum Gasteiger partial charge on any atom is -0.368 e. The van der Waals surface area contributed by atoms with Crippen LogP contribution in [0.15, 0.2) is 72.8 Å². The van der Waals surface area contributed by atoms with Crippen LogP contribution >= 0.6 is 23.2 Å². The van der Waals surface area contributed by atoms with Crippen molar-refractivity contribution >= 4 is 57.1 Å². The predicted octanol–water partition coefficient (Wildman–Crippen LogP) is 6.55. The maximum absolute atomic E-state index is 13.1. The molecule has 0 saturated carbocycles. The van der Waals surface area contributed by atoms with Crippen LogP contribution < -0.4 is 15.1 Å². The maximum Gasteiger partial charge on any atom is 0.272 e. The number of hydrogen-bond acceptors (Lipinski definition) is 3. The van der Waals surface area contributed by atoms with E-state index >= 15 is 0 Å². The zero-order valence-corrected chi connectivity index (χ0v) is 20.5. The van der Waals surface area contributed by atoms with E-state index in [1.54, 1.807) is 6.07 Å². The summed E-state index contributed by atoms with van der Waals surface area (Å²) in [7, 11) is 0. The average Bonchev–Trinajstić information content (AvgIpc) is 3.27. The van der Waals surface area contributed by atoms with E-state index < -0.39 is 0 Å². The zero-order chi connectivity index (χ0) is 23.7. The number of carbonyl (C=O) groups is 1. The third-order valence-electron chi connectivity index (χ3n) is 6.41. The second kappa shape index (κ2) is 9.61. The number of hydrogen-bond donors (Lipinski definition) is 1. The molecule has 174 valence electrons. The molecule has 0 bridgehead atoms. The van der Waals surface area contributed by atoms with Crippen LogP contribution in [0.3, 0.4) is 0 Å². The Bertz CT molecular complexity index is 1310. The molecule has 34 heavy (non-hydrogen) atoms. The number of para-hydroxylation sites is 1. The van der Waals surface area contributed by atoms with Crippen LogP contribution in [0.1, 0.15) is 17.4 Å². The Labute approximate surface area is 209 Å². The number of piperazine rings is 1. The Morgan fingerprint density at radius 2 is 1.47 bits per heavy atom. The van der Waals surface area contributed by atoms with E-state index in [-0.39, 0.29) is 5.91 Å². The molecule has 0 spiro atoms. The van der Waals surface area contributed by atoms with E-state index in [1.807, 2.05) is 41.8 Å². The van der Waals surface area contributed by atoms with Crippen molar-refractivity contribution in [3.05, 3.63) is 88.5 Å². The van der Waals surface area contributed by atoms with Gasteiger partial charge in [0.2, 0.25) is 0 Å². The smallest absolute Gasteiger partial charge is 0.272 e. The molecule has 7 heteroatoms. The third-order valence-corrected chi connectivity index (χ3v) is 7.23. The van der Waals surface area contributed by atoms with Gasteiger partial charge in [0.15, 0.2) is 0 Å². The number of anilines is 3. The van der Waals surface area contributed by atoms with Crippen LogP contribution in [0.2, 0.25) is 10.0 Å². The molecule has 1 aliphatic rings. The number of carbonyl (C=O) groups excluding carboxylic acids is 1. The number of aryl methyl sites for hydroxylation is 1. The minimum atomic E-state index is -0.172. The van der Waals surface area contributed by atoms with Crippen molar-refractivity contribution in [2.45, 2.75) is 13.5 Å². The van der Waals surface area contributed by atoms with Crippen molar-refractivity contribution in [1.29, 1.82) is 0 Å². The van der Waals surface area contributed by atoms with Gasteiger partial charge in [-0.1, -0.05) is 41.4 Å². The summed E-state index contributed by atoms with van der Waals surface area (Å²) in [5.74, 6) is -0.172. The van der Waals surface area contributed by atoms with E-state index in [1.165, 1.54) is 5.69 Å². The molecule has 3 aromatic carbocycles. The van der Waals surface area contributed by atoms with Gasteiger partial charge in [-0.3, -0.25) is 4.79 Å². The molecule has 1 N–H and O–H groups in total. The van der Waals surface area contributed by atoms with E-state index in [4.69, 9.17) is 23.2 Å². The molecule has 4 aromatic rings. The summed E-state index contributed by atoms with van der Waals surface area (Å²) in [6.07, 6.45) is 0.